The zero-order valence-electron chi connectivity index (χ0n) is 19.1. The predicted molar refractivity (Wildman–Crippen MR) is 130 cm³/mol. The van der Waals surface area contributed by atoms with E-state index in [0.717, 1.165) is 22.5 Å². The number of hydrogen-bond donors (Lipinski definition) is 1. The van der Waals surface area contributed by atoms with E-state index in [2.05, 4.69) is 15.5 Å². The van der Waals surface area contributed by atoms with Crippen LogP contribution in [0.1, 0.15) is 41.9 Å². The second-order valence-corrected chi connectivity index (χ2v) is 8.53. The van der Waals surface area contributed by atoms with E-state index in [1.54, 1.807) is 10.7 Å². The molecule has 0 bridgehead atoms. The number of carbonyl (C=O) groups is 1. The van der Waals surface area contributed by atoms with Crippen LogP contribution in [0.15, 0.2) is 53.3 Å². The molecule has 4 aromatic rings. The Bertz CT molecular complexity index is 1390. The molecule has 4 rings (SSSR count). The molecular formula is C25H26ClN5O2. The highest BCUT2D eigenvalue weighted by molar-refractivity contribution is 6.31. The smallest absolute Gasteiger partial charge is 0.295 e. The van der Waals surface area contributed by atoms with Gasteiger partial charge in [-0.2, -0.15) is 10.2 Å². The van der Waals surface area contributed by atoms with Gasteiger partial charge in [-0.1, -0.05) is 54.4 Å². The Balaban J connectivity index is 1.71. The van der Waals surface area contributed by atoms with Gasteiger partial charge in [-0.25, -0.2) is 9.36 Å². The summed E-state index contributed by atoms with van der Waals surface area (Å²) >= 11 is 6.20. The zero-order chi connectivity index (χ0) is 23.7. The molecule has 1 amide bonds. The van der Waals surface area contributed by atoms with Gasteiger partial charge in [-0.15, -0.1) is 0 Å². The normalized spacial score (nSPS) is 12.2. The van der Waals surface area contributed by atoms with Gasteiger partial charge in [0.1, 0.15) is 6.04 Å². The average molecular weight is 464 g/mol. The topological polar surface area (TPSA) is 81.8 Å². The van der Waals surface area contributed by atoms with Gasteiger partial charge in [0.25, 0.3) is 5.56 Å². The molecule has 2 aromatic carbocycles. The molecule has 0 saturated carbocycles. The van der Waals surface area contributed by atoms with Gasteiger partial charge >= 0.3 is 0 Å². The van der Waals surface area contributed by atoms with Gasteiger partial charge in [0, 0.05) is 11.6 Å². The Kier molecular flexibility index (Phi) is 6.33. The number of carbonyl (C=O) groups excluding carboxylic acids is 1. The number of aromatic nitrogens is 4. The molecule has 0 aliphatic rings. The predicted octanol–water partition coefficient (Wildman–Crippen LogP) is 4.43. The highest BCUT2D eigenvalue weighted by Gasteiger charge is 2.25. The molecule has 0 fully saturated rings. The summed E-state index contributed by atoms with van der Waals surface area (Å²) in [6.45, 7) is 7.89. The summed E-state index contributed by atoms with van der Waals surface area (Å²) in [6, 6.07) is 14.5. The number of amides is 1. The van der Waals surface area contributed by atoms with E-state index in [1.165, 1.54) is 4.68 Å². The Hall–Kier alpha value is -3.45. The maximum atomic E-state index is 13.4. The molecule has 8 heteroatoms. The van der Waals surface area contributed by atoms with Crippen molar-refractivity contribution in [3.63, 3.8) is 0 Å². The third-order valence-electron chi connectivity index (χ3n) is 5.82. The molecule has 2 heterocycles. The number of nitrogens with one attached hydrogen (secondary N) is 1. The quantitative estimate of drug-likeness (QED) is 0.458. The third kappa shape index (κ3) is 4.28. The maximum absolute atomic E-state index is 13.4. The molecule has 0 spiro atoms. The van der Waals surface area contributed by atoms with Crippen LogP contribution in [0.3, 0.4) is 0 Å². The fourth-order valence-electron chi connectivity index (χ4n) is 4.01. The van der Waals surface area contributed by atoms with Gasteiger partial charge < -0.3 is 5.32 Å². The fourth-order valence-corrected chi connectivity index (χ4v) is 4.21. The Morgan fingerprint density at radius 2 is 1.76 bits per heavy atom. The summed E-state index contributed by atoms with van der Waals surface area (Å²) < 4.78 is 3.01. The molecule has 0 radical (unpaired) electrons. The third-order valence-corrected chi connectivity index (χ3v) is 6.19. The van der Waals surface area contributed by atoms with Gasteiger partial charge in [-0.05, 0) is 51.0 Å². The van der Waals surface area contributed by atoms with E-state index in [0.29, 0.717) is 28.0 Å². The highest BCUT2D eigenvalue weighted by Crippen LogP contribution is 2.23. The second-order valence-electron chi connectivity index (χ2n) is 8.12. The minimum Gasteiger partial charge on any atom is -0.350 e. The maximum Gasteiger partial charge on any atom is 0.295 e. The summed E-state index contributed by atoms with van der Waals surface area (Å²) in [5.41, 5.74) is 4.22. The van der Waals surface area contributed by atoms with E-state index >= 15 is 0 Å². The minimum atomic E-state index is -0.757. The lowest BCUT2D eigenvalue weighted by Gasteiger charge is -2.17. The minimum absolute atomic E-state index is 0.270. The fraction of sp³-hybridized carbons (Fsp3) is 0.280. The van der Waals surface area contributed by atoms with Crippen LogP contribution in [0.4, 0.5) is 0 Å². The lowest BCUT2D eigenvalue weighted by Crippen LogP contribution is -2.38. The van der Waals surface area contributed by atoms with Gasteiger partial charge in [-0.3, -0.25) is 9.59 Å². The van der Waals surface area contributed by atoms with Gasteiger partial charge in [0.15, 0.2) is 5.52 Å². The van der Waals surface area contributed by atoms with Crippen LogP contribution >= 0.6 is 11.6 Å². The lowest BCUT2D eigenvalue weighted by atomic mass is 10.1. The van der Waals surface area contributed by atoms with Gasteiger partial charge in [0.2, 0.25) is 5.91 Å². The standard InChI is InChI=1S/C25H26ClN5O2/c1-5-21(24(32)27-14-18-8-6-7-9-20(18)26)31-25(33)23-22(16(3)28-31)17(4)30(29-23)19-12-10-15(2)11-13-19/h6-13,21H,5,14H2,1-4H3,(H,27,32)/t21-/m0/s1. The number of rotatable bonds is 6. The zero-order valence-corrected chi connectivity index (χ0v) is 19.8. The first-order valence-corrected chi connectivity index (χ1v) is 11.3. The van der Waals surface area contributed by atoms with Crippen molar-refractivity contribution >= 4 is 28.4 Å². The van der Waals surface area contributed by atoms with Crippen LogP contribution in [-0.4, -0.2) is 25.5 Å². The van der Waals surface area contributed by atoms with Crippen LogP contribution in [0.5, 0.6) is 0 Å². The summed E-state index contributed by atoms with van der Waals surface area (Å²) in [5, 5.41) is 13.3. The molecule has 0 saturated heterocycles. The number of fused-ring (bicyclic) bond motifs is 1. The van der Waals surface area contributed by atoms with Crippen molar-refractivity contribution in [2.24, 2.45) is 0 Å². The van der Waals surface area contributed by atoms with Crippen molar-refractivity contribution in [3.05, 3.63) is 86.4 Å². The molecule has 7 nitrogen and oxygen atoms in total. The van der Waals surface area contributed by atoms with Crippen molar-refractivity contribution in [3.8, 4) is 5.69 Å². The van der Waals surface area contributed by atoms with Crippen LogP contribution in [-0.2, 0) is 11.3 Å². The molecule has 0 unspecified atom stereocenters. The van der Waals surface area contributed by atoms with Gasteiger partial charge in [0.05, 0.1) is 22.5 Å². The largest absolute Gasteiger partial charge is 0.350 e. The molecule has 33 heavy (non-hydrogen) atoms. The number of hydrogen-bond acceptors (Lipinski definition) is 4. The number of nitrogens with zero attached hydrogens (tertiary/aromatic N) is 4. The summed E-state index contributed by atoms with van der Waals surface area (Å²) in [5.74, 6) is -0.291. The van der Waals surface area contributed by atoms with Crippen molar-refractivity contribution in [2.75, 3.05) is 0 Å². The van der Waals surface area contributed by atoms with E-state index in [-0.39, 0.29) is 18.0 Å². The van der Waals surface area contributed by atoms with Crippen LogP contribution in [0, 0.1) is 20.8 Å². The summed E-state index contributed by atoms with van der Waals surface area (Å²) in [7, 11) is 0. The number of benzene rings is 2. The van der Waals surface area contributed by atoms with E-state index in [1.807, 2.05) is 70.2 Å². The van der Waals surface area contributed by atoms with Crippen molar-refractivity contribution in [2.45, 2.75) is 46.7 Å². The average Bonchev–Trinajstić information content (AvgIpc) is 3.15. The molecule has 1 atom stereocenters. The number of halogens is 1. The Morgan fingerprint density at radius 1 is 1.06 bits per heavy atom. The van der Waals surface area contributed by atoms with E-state index in [4.69, 9.17) is 11.6 Å². The first-order chi connectivity index (χ1) is 15.8. The molecule has 0 aliphatic carbocycles. The molecule has 170 valence electrons. The lowest BCUT2D eigenvalue weighted by molar-refractivity contribution is -0.125. The number of aryl methyl sites for hydroxylation is 3. The van der Waals surface area contributed by atoms with Crippen molar-refractivity contribution in [1.82, 2.24) is 24.9 Å². The SMILES string of the molecule is CC[C@@H](C(=O)NCc1ccccc1Cl)n1nc(C)c2c(C)n(-c3ccc(C)cc3)nc2c1=O. The van der Waals surface area contributed by atoms with Crippen LogP contribution in [0.2, 0.25) is 5.02 Å². The molecule has 1 N–H and O–H groups in total. The summed E-state index contributed by atoms with van der Waals surface area (Å²) in [6.07, 6.45) is 0.407. The molecule has 0 aliphatic heterocycles. The first-order valence-electron chi connectivity index (χ1n) is 10.9. The molecular weight excluding hydrogens is 438 g/mol. The van der Waals surface area contributed by atoms with Crippen molar-refractivity contribution < 1.29 is 4.79 Å². The Labute approximate surface area is 197 Å². The molecule has 2 aromatic heterocycles. The van der Waals surface area contributed by atoms with Crippen molar-refractivity contribution in [1.29, 1.82) is 0 Å². The van der Waals surface area contributed by atoms with Crippen LogP contribution < -0.4 is 10.9 Å². The van der Waals surface area contributed by atoms with E-state index < -0.39 is 6.04 Å². The monoisotopic (exact) mass is 463 g/mol. The second kappa shape index (κ2) is 9.19. The van der Waals surface area contributed by atoms with E-state index in [9.17, 15) is 9.59 Å². The Morgan fingerprint density at radius 3 is 2.42 bits per heavy atom. The first kappa shape index (κ1) is 22.7. The summed E-state index contributed by atoms with van der Waals surface area (Å²) in [4.78, 5) is 26.4. The van der Waals surface area contributed by atoms with Crippen LogP contribution in [0.25, 0.3) is 16.6 Å². The highest BCUT2D eigenvalue weighted by atomic mass is 35.5.